The molecule has 0 N–H and O–H groups in total. The lowest BCUT2D eigenvalue weighted by Crippen LogP contribution is -1.71. The van der Waals surface area contributed by atoms with E-state index in [1.54, 1.807) is 0 Å². The van der Waals surface area contributed by atoms with Crippen molar-refractivity contribution in [3.8, 4) is 0 Å². The molecule has 0 radical (unpaired) electrons. The van der Waals surface area contributed by atoms with E-state index < -0.39 is 0 Å². The van der Waals surface area contributed by atoms with E-state index in [-0.39, 0.29) is 0 Å². The second kappa shape index (κ2) is 2.34. The summed E-state index contributed by atoms with van der Waals surface area (Å²) < 4.78 is 0. The molecule has 0 aliphatic heterocycles. The fourth-order valence-corrected chi connectivity index (χ4v) is 1.22. The Bertz CT molecular complexity index is 92.2. The molecule has 46 valence electrons. The molecule has 2 unspecified atom stereocenters. The Morgan fingerprint density at radius 2 is 2.38 bits per heavy atom. The van der Waals surface area contributed by atoms with Crippen LogP contribution in [0, 0.1) is 11.8 Å². The maximum atomic E-state index is 2.33. The molecule has 0 aromatic carbocycles. The normalized spacial score (nSPS) is 36.2. The lowest BCUT2D eigenvalue weighted by Gasteiger charge is -1.82. The van der Waals surface area contributed by atoms with Crippen LogP contribution in [0.5, 0.6) is 0 Å². The molecule has 0 nitrogen and oxygen atoms in total. The average Bonchev–Trinajstić information content (AvgIpc) is 2.48. The predicted molar refractivity (Wildman–Crippen MR) is 36.7 cm³/mol. The summed E-state index contributed by atoms with van der Waals surface area (Å²) in [6, 6.07) is 0. The van der Waals surface area contributed by atoms with E-state index in [4.69, 9.17) is 0 Å². The van der Waals surface area contributed by atoms with Crippen molar-refractivity contribution in [1.82, 2.24) is 0 Å². The van der Waals surface area contributed by atoms with Gasteiger partial charge in [0.1, 0.15) is 0 Å². The Morgan fingerprint density at radius 3 is 2.75 bits per heavy atom. The molecule has 2 atom stereocenters. The monoisotopic (exact) mass is 110 g/mol. The summed E-state index contributed by atoms with van der Waals surface area (Å²) in [4.78, 5) is 0. The van der Waals surface area contributed by atoms with Gasteiger partial charge in [0.15, 0.2) is 0 Å². The molecule has 0 aromatic rings. The summed E-state index contributed by atoms with van der Waals surface area (Å²) in [6.07, 6.45) is 7.31. The first kappa shape index (κ1) is 5.87. The van der Waals surface area contributed by atoms with Gasteiger partial charge in [0.05, 0.1) is 0 Å². The van der Waals surface area contributed by atoms with Crippen LogP contribution in [0.15, 0.2) is 12.2 Å². The minimum Gasteiger partial charge on any atom is -0.0914 e. The number of allylic oxidation sites excluding steroid dienone is 2. The molecule has 1 fully saturated rings. The van der Waals surface area contributed by atoms with Gasteiger partial charge in [-0.3, -0.25) is 0 Å². The van der Waals surface area contributed by atoms with E-state index in [0.29, 0.717) is 0 Å². The summed E-state index contributed by atoms with van der Waals surface area (Å²) in [6.45, 7) is 4.37. The smallest absolute Gasteiger partial charge is 0.0202 e. The minimum atomic E-state index is 0.949. The Morgan fingerprint density at radius 1 is 1.62 bits per heavy atom. The van der Waals surface area contributed by atoms with Crippen molar-refractivity contribution in [1.29, 1.82) is 0 Å². The summed E-state index contributed by atoms with van der Waals surface area (Å²) in [5, 5.41) is 0. The van der Waals surface area contributed by atoms with Crippen LogP contribution in [-0.4, -0.2) is 0 Å². The first-order chi connectivity index (χ1) is 3.88. The lowest BCUT2D eigenvalue weighted by molar-refractivity contribution is 0.755. The number of rotatable bonds is 2. The zero-order chi connectivity index (χ0) is 5.98. The molecule has 1 saturated carbocycles. The maximum Gasteiger partial charge on any atom is -0.0202 e. The van der Waals surface area contributed by atoms with E-state index >= 15 is 0 Å². The van der Waals surface area contributed by atoms with Gasteiger partial charge in [-0.05, 0) is 25.2 Å². The SMILES string of the molecule is CC=CC1CC1CC. The highest BCUT2D eigenvalue weighted by molar-refractivity contribution is 5.00. The van der Waals surface area contributed by atoms with Crippen LogP contribution in [0.3, 0.4) is 0 Å². The summed E-state index contributed by atoms with van der Waals surface area (Å²) in [5.41, 5.74) is 0. The van der Waals surface area contributed by atoms with E-state index in [1.165, 1.54) is 12.8 Å². The van der Waals surface area contributed by atoms with Crippen molar-refractivity contribution in [3.05, 3.63) is 12.2 Å². The van der Waals surface area contributed by atoms with Gasteiger partial charge in [0.2, 0.25) is 0 Å². The standard InChI is InChI=1S/C8H14/c1-3-5-8-6-7(8)4-2/h3,5,7-8H,4,6H2,1-2H3. The first-order valence-corrected chi connectivity index (χ1v) is 3.51. The highest BCUT2D eigenvalue weighted by Gasteiger charge is 2.31. The van der Waals surface area contributed by atoms with Crippen molar-refractivity contribution < 1.29 is 0 Å². The summed E-state index contributed by atoms with van der Waals surface area (Å²) >= 11 is 0. The van der Waals surface area contributed by atoms with E-state index in [2.05, 4.69) is 26.0 Å². The van der Waals surface area contributed by atoms with Crippen LogP contribution in [0.2, 0.25) is 0 Å². The van der Waals surface area contributed by atoms with Gasteiger partial charge < -0.3 is 0 Å². The molecule has 0 heteroatoms. The molecule has 0 saturated heterocycles. The Hall–Kier alpha value is -0.260. The topological polar surface area (TPSA) is 0 Å². The fraction of sp³-hybridized carbons (Fsp3) is 0.750. The van der Waals surface area contributed by atoms with E-state index in [1.807, 2.05) is 0 Å². The number of hydrogen-bond donors (Lipinski definition) is 0. The minimum absolute atomic E-state index is 0.949. The largest absolute Gasteiger partial charge is 0.0914 e. The van der Waals surface area contributed by atoms with Crippen molar-refractivity contribution in [2.24, 2.45) is 11.8 Å². The van der Waals surface area contributed by atoms with E-state index in [9.17, 15) is 0 Å². The van der Waals surface area contributed by atoms with Crippen LogP contribution in [0.25, 0.3) is 0 Å². The Labute approximate surface area is 51.6 Å². The molecule has 1 aliphatic carbocycles. The molecule has 1 aliphatic rings. The third-order valence-corrected chi connectivity index (χ3v) is 1.94. The van der Waals surface area contributed by atoms with Crippen LogP contribution in [0.4, 0.5) is 0 Å². The van der Waals surface area contributed by atoms with Gasteiger partial charge >= 0.3 is 0 Å². The fourth-order valence-electron chi connectivity index (χ4n) is 1.22. The highest BCUT2D eigenvalue weighted by atomic mass is 14.4. The zero-order valence-corrected chi connectivity index (χ0v) is 5.72. The van der Waals surface area contributed by atoms with Crippen molar-refractivity contribution in [3.63, 3.8) is 0 Å². The van der Waals surface area contributed by atoms with Crippen molar-refractivity contribution in [2.75, 3.05) is 0 Å². The Balaban J connectivity index is 2.17. The van der Waals surface area contributed by atoms with Crippen LogP contribution in [0.1, 0.15) is 26.7 Å². The zero-order valence-electron chi connectivity index (χ0n) is 5.72. The predicted octanol–water partition coefficient (Wildman–Crippen LogP) is 2.61. The van der Waals surface area contributed by atoms with Gasteiger partial charge in [-0.15, -0.1) is 0 Å². The van der Waals surface area contributed by atoms with Crippen molar-refractivity contribution >= 4 is 0 Å². The second-order valence-corrected chi connectivity index (χ2v) is 2.59. The molecule has 0 heterocycles. The highest BCUT2D eigenvalue weighted by Crippen LogP contribution is 2.41. The molecular formula is C8H14. The third-order valence-electron chi connectivity index (χ3n) is 1.94. The number of hydrogen-bond acceptors (Lipinski definition) is 0. The third kappa shape index (κ3) is 1.12. The average molecular weight is 110 g/mol. The van der Waals surface area contributed by atoms with Crippen LogP contribution in [-0.2, 0) is 0 Å². The molecule has 0 spiro atoms. The second-order valence-electron chi connectivity index (χ2n) is 2.59. The first-order valence-electron chi connectivity index (χ1n) is 3.51. The van der Waals surface area contributed by atoms with Gasteiger partial charge in [-0.25, -0.2) is 0 Å². The molecule has 0 bridgehead atoms. The summed E-state index contributed by atoms with van der Waals surface area (Å²) in [7, 11) is 0. The summed E-state index contributed by atoms with van der Waals surface area (Å²) in [5.74, 6) is 1.98. The van der Waals surface area contributed by atoms with Gasteiger partial charge in [0.25, 0.3) is 0 Å². The van der Waals surface area contributed by atoms with E-state index in [0.717, 1.165) is 11.8 Å². The molecule has 0 aromatic heterocycles. The van der Waals surface area contributed by atoms with Crippen LogP contribution >= 0.6 is 0 Å². The van der Waals surface area contributed by atoms with Gasteiger partial charge in [0, 0.05) is 0 Å². The van der Waals surface area contributed by atoms with Gasteiger partial charge in [-0.2, -0.15) is 0 Å². The lowest BCUT2D eigenvalue weighted by atomic mass is 10.2. The maximum absolute atomic E-state index is 2.33. The molecule has 0 amide bonds. The van der Waals surface area contributed by atoms with Crippen LogP contribution < -0.4 is 0 Å². The van der Waals surface area contributed by atoms with Crippen molar-refractivity contribution in [2.45, 2.75) is 26.7 Å². The molecular weight excluding hydrogens is 96.1 g/mol. The van der Waals surface area contributed by atoms with Gasteiger partial charge in [-0.1, -0.05) is 25.5 Å². The molecule has 1 rings (SSSR count). The quantitative estimate of drug-likeness (QED) is 0.479. The Kier molecular flexibility index (Phi) is 1.72. The molecule has 8 heavy (non-hydrogen) atoms.